The molecule has 0 unspecified atom stereocenters. The molecule has 0 radical (unpaired) electrons. The lowest BCUT2D eigenvalue weighted by Crippen LogP contribution is -1.86. The predicted molar refractivity (Wildman–Crippen MR) is 68.8 cm³/mol. The first-order chi connectivity index (χ1) is 8.28. The zero-order valence-electron chi connectivity index (χ0n) is 9.44. The largest absolute Gasteiger partial charge is 0.228 e. The van der Waals surface area contributed by atoms with Crippen LogP contribution in [0, 0.1) is 11.8 Å². The normalized spacial score (nSPS) is 9.53. The SMILES string of the molecule is CCc1ccc(C#Cc2ncc(Cl)cn2)cc1. The van der Waals surface area contributed by atoms with Crippen molar-refractivity contribution in [1.82, 2.24) is 9.97 Å². The molecule has 0 N–H and O–H groups in total. The average molecular weight is 243 g/mol. The minimum Gasteiger partial charge on any atom is -0.228 e. The van der Waals surface area contributed by atoms with Gasteiger partial charge in [-0.15, -0.1) is 0 Å². The summed E-state index contributed by atoms with van der Waals surface area (Å²) in [5.41, 5.74) is 2.26. The monoisotopic (exact) mass is 242 g/mol. The molecule has 84 valence electrons. The molecule has 1 aromatic carbocycles. The van der Waals surface area contributed by atoms with Crippen LogP contribution >= 0.6 is 11.6 Å². The fourth-order valence-corrected chi connectivity index (χ4v) is 1.43. The maximum absolute atomic E-state index is 5.69. The summed E-state index contributed by atoms with van der Waals surface area (Å²) >= 11 is 5.69. The van der Waals surface area contributed by atoms with Gasteiger partial charge in [0.05, 0.1) is 17.4 Å². The highest BCUT2D eigenvalue weighted by Crippen LogP contribution is 2.04. The molecule has 3 heteroatoms. The summed E-state index contributed by atoms with van der Waals surface area (Å²) in [6, 6.07) is 8.16. The van der Waals surface area contributed by atoms with Crippen molar-refractivity contribution in [2.75, 3.05) is 0 Å². The molecule has 0 aliphatic heterocycles. The van der Waals surface area contributed by atoms with E-state index in [4.69, 9.17) is 11.6 Å². The highest BCUT2D eigenvalue weighted by atomic mass is 35.5. The van der Waals surface area contributed by atoms with Crippen LogP contribution in [0.15, 0.2) is 36.7 Å². The minimum absolute atomic E-state index is 0.481. The molecule has 0 fully saturated rings. The third-order valence-electron chi connectivity index (χ3n) is 2.30. The smallest absolute Gasteiger partial charge is 0.205 e. The van der Waals surface area contributed by atoms with Gasteiger partial charge in [0.25, 0.3) is 0 Å². The number of halogens is 1. The topological polar surface area (TPSA) is 25.8 Å². The highest BCUT2D eigenvalue weighted by Gasteiger charge is 1.92. The van der Waals surface area contributed by atoms with Crippen LogP contribution in [-0.4, -0.2) is 9.97 Å². The number of benzene rings is 1. The lowest BCUT2D eigenvalue weighted by atomic mass is 10.1. The van der Waals surface area contributed by atoms with Crippen LogP contribution < -0.4 is 0 Å². The third kappa shape index (κ3) is 3.30. The van der Waals surface area contributed by atoms with Crippen molar-refractivity contribution in [3.05, 3.63) is 58.6 Å². The number of aryl methyl sites for hydroxylation is 1. The quantitative estimate of drug-likeness (QED) is 0.719. The molecule has 0 aliphatic carbocycles. The Kier molecular flexibility index (Phi) is 3.74. The van der Waals surface area contributed by atoms with Gasteiger partial charge >= 0.3 is 0 Å². The Hall–Kier alpha value is -1.85. The summed E-state index contributed by atoms with van der Waals surface area (Å²) in [6.45, 7) is 2.13. The maximum Gasteiger partial charge on any atom is 0.205 e. The van der Waals surface area contributed by atoms with Crippen molar-refractivity contribution >= 4 is 11.6 Å². The van der Waals surface area contributed by atoms with Crippen molar-refractivity contribution in [3.8, 4) is 11.8 Å². The standard InChI is InChI=1S/C14H11ClN2/c1-2-11-3-5-12(6-4-11)7-8-14-16-9-13(15)10-17-14/h3-6,9-10H,2H2,1H3. The first kappa shape index (κ1) is 11.6. The van der Waals surface area contributed by atoms with Crippen LogP contribution in [0.2, 0.25) is 5.02 Å². The van der Waals surface area contributed by atoms with E-state index in [1.807, 2.05) is 12.1 Å². The fraction of sp³-hybridized carbons (Fsp3) is 0.143. The number of hydrogen-bond donors (Lipinski definition) is 0. The molecular formula is C14H11ClN2. The van der Waals surface area contributed by atoms with Gasteiger partial charge in [0, 0.05) is 5.56 Å². The predicted octanol–water partition coefficient (Wildman–Crippen LogP) is 3.09. The zero-order valence-corrected chi connectivity index (χ0v) is 10.2. The third-order valence-corrected chi connectivity index (χ3v) is 2.50. The molecule has 17 heavy (non-hydrogen) atoms. The van der Waals surface area contributed by atoms with Crippen molar-refractivity contribution in [1.29, 1.82) is 0 Å². The van der Waals surface area contributed by atoms with Crippen LogP contribution in [0.4, 0.5) is 0 Å². The Balaban J connectivity index is 2.17. The molecule has 0 amide bonds. The summed E-state index contributed by atoms with van der Waals surface area (Å²) in [5, 5.41) is 0.517. The van der Waals surface area contributed by atoms with E-state index < -0.39 is 0 Å². The van der Waals surface area contributed by atoms with Gasteiger partial charge in [0.2, 0.25) is 5.82 Å². The first-order valence-corrected chi connectivity index (χ1v) is 5.74. The van der Waals surface area contributed by atoms with Crippen LogP contribution in [0.1, 0.15) is 23.9 Å². The second-order valence-electron chi connectivity index (χ2n) is 3.53. The van der Waals surface area contributed by atoms with Crippen LogP contribution in [-0.2, 0) is 6.42 Å². The Bertz CT molecular complexity index is 548. The molecule has 0 saturated carbocycles. The van der Waals surface area contributed by atoms with Crippen molar-refractivity contribution < 1.29 is 0 Å². The summed E-state index contributed by atoms with van der Waals surface area (Å²) in [6.07, 6.45) is 4.12. The van der Waals surface area contributed by atoms with E-state index in [2.05, 4.69) is 40.9 Å². The maximum atomic E-state index is 5.69. The number of rotatable bonds is 1. The number of hydrogen-bond acceptors (Lipinski definition) is 2. The van der Waals surface area contributed by atoms with Gasteiger partial charge in [0.15, 0.2) is 0 Å². The molecule has 1 aromatic heterocycles. The fourth-order valence-electron chi connectivity index (χ4n) is 1.33. The Morgan fingerprint density at radius 3 is 2.29 bits per heavy atom. The van der Waals surface area contributed by atoms with Crippen LogP contribution in [0.25, 0.3) is 0 Å². The zero-order chi connectivity index (χ0) is 12.1. The van der Waals surface area contributed by atoms with E-state index in [-0.39, 0.29) is 0 Å². The molecule has 2 rings (SSSR count). The summed E-state index contributed by atoms with van der Waals surface area (Å²) < 4.78 is 0. The lowest BCUT2D eigenvalue weighted by Gasteiger charge is -1.95. The van der Waals surface area contributed by atoms with E-state index in [1.54, 1.807) is 12.4 Å². The molecule has 0 saturated heterocycles. The molecule has 0 aliphatic rings. The van der Waals surface area contributed by atoms with Crippen molar-refractivity contribution in [2.24, 2.45) is 0 Å². The van der Waals surface area contributed by atoms with Gasteiger partial charge < -0.3 is 0 Å². The molecule has 0 spiro atoms. The molecular weight excluding hydrogens is 232 g/mol. The first-order valence-electron chi connectivity index (χ1n) is 5.36. The van der Waals surface area contributed by atoms with E-state index in [0.717, 1.165) is 12.0 Å². The minimum atomic E-state index is 0.481. The van der Waals surface area contributed by atoms with E-state index in [9.17, 15) is 0 Å². The molecule has 2 nitrogen and oxygen atoms in total. The van der Waals surface area contributed by atoms with Crippen molar-refractivity contribution in [3.63, 3.8) is 0 Å². The van der Waals surface area contributed by atoms with Crippen molar-refractivity contribution in [2.45, 2.75) is 13.3 Å². The van der Waals surface area contributed by atoms with Gasteiger partial charge in [-0.25, -0.2) is 9.97 Å². The summed E-state index contributed by atoms with van der Waals surface area (Å²) in [7, 11) is 0. The van der Waals surface area contributed by atoms with E-state index in [1.165, 1.54) is 5.56 Å². The highest BCUT2D eigenvalue weighted by molar-refractivity contribution is 6.30. The second kappa shape index (κ2) is 5.47. The summed E-state index contributed by atoms with van der Waals surface area (Å²) in [4.78, 5) is 8.02. The van der Waals surface area contributed by atoms with E-state index >= 15 is 0 Å². The number of nitrogens with zero attached hydrogens (tertiary/aromatic N) is 2. The molecule has 0 atom stereocenters. The second-order valence-corrected chi connectivity index (χ2v) is 3.96. The van der Waals surface area contributed by atoms with Gasteiger partial charge in [-0.3, -0.25) is 0 Å². The Labute approximate surface area is 106 Å². The van der Waals surface area contributed by atoms with Gasteiger partial charge in [-0.05, 0) is 30.0 Å². The Morgan fingerprint density at radius 1 is 1.06 bits per heavy atom. The van der Waals surface area contributed by atoms with Gasteiger partial charge in [0.1, 0.15) is 0 Å². The van der Waals surface area contributed by atoms with Crippen LogP contribution in [0.5, 0.6) is 0 Å². The number of aromatic nitrogens is 2. The lowest BCUT2D eigenvalue weighted by molar-refractivity contribution is 1.13. The van der Waals surface area contributed by atoms with Gasteiger partial charge in [-0.2, -0.15) is 0 Å². The van der Waals surface area contributed by atoms with Gasteiger partial charge in [-0.1, -0.05) is 36.6 Å². The molecule has 2 aromatic rings. The average Bonchev–Trinajstić information content (AvgIpc) is 2.39. The summed E-state index contributed by atoms with van der Waals surface area (Å²) in [5.74, 6) is 6.39. The molecule has 0 bridgehead atoms. The Morgan fingerprint density at radius 2 is 1.71 bits per heavy atom. The van der Waals surface area contributed by atoms with E-state index in [0.29, 0.717) is 10.8 Å². The molecule has 1 heterocycles. The van der Waals surface area contributed by atoms with Crippen LogP contribution in [0.3, 0.4) is 0 Å².